The van der Waals surface area contributed by atoms with Crippen molar-refractivity contribution >= 4 is 0 Å². The molecule has 0 aromatic heterocycles. The summed E-state index contributed by atoms with van der Waals surface area (Å²) in [6.45, 7) is 5.54. The third-order valence-electron chi connectivity index (χ3n) is 3.48. The largest absolute Gasteiger partial charge is 0.303 e. The van der Waals surface area contributed by atoms with Crippen LogP contribution in [-0.2, 0) is 5.41 Å². The fraction of sp³-hybridized carbons (Fsp3) is 0.538. The average Bonchev–Trinajstić information content (AvgIpc) is 2.30. The number of nitrogens with zero attached hydrogens (tertiary/aromatic N) is 1. The summed E-state index contributed by atoms with van der Waals surface area (Å²) in [7, 11) is 2.18. The number of nitrogens with one attached hydrogen (secondary N) is 1. The average molecular weight is 204 g/mol. The van der Waals surface area contributed by atoms with Gasteiger partial charge in [-0.3, -0.25) is 4.90 Å². The van der Waals surface area contributed by atoms with E-state index in [9.17, 15) is 0 Å². The minimum absolute atomic E-state index is 0.300. The van der Waals surface area contributed by atoms with Crippen LogP contribution in [0.1, 0.15) is 18.9 Å². The smallest absolute Gasteiger partial charge is 0.0478 e. The van der Waals surface area contributed by atoms with Crippen LogP contribution in [0.4, 0.5) is 0 Å². The zero-order valence-electron chi connectivity index (χ0n) is 9.66. The molecule has 1 fully saturated rings. The van der Waals surface area contributed by atoms with E-state index in [0.717, 1.165) is 19.8 Å². The number of hydrogen-bond acceptors (Lipinski definition) is 2. The first-order valence-corrected chi connectivity index (χ1v) is 5.72. The summed E-state index contributed by atoms with van der Waals surface area (Å²) in [6, 6.07) is 10.9. The molecule has 2 nitrogen and oxygen atoms in total. The maximum atomic E-state index is 3.50. The molecule has 2 rings (SSSR count). The summed E-state index contributed by atoms with van der Waals surface area (Å²) in [5.74, 6) is 0. The monoisotopic (exact) mass is 204 g/mol. The van der Waals surface area contributed by atoms with Crippen molar-refractivity contribution in [1.29, 1.82) is 0 Å². The molecule has 15 heavy (non-hydrogen) atoms. The quantitative estimate of drug-likeness (QED) is 0.790. The van der Waals surface area contributed by atoms with Crippen LogP contribution >= 0.6 is 0 Å². The Kier molecular flexibility index (Phi) is 3.08. The minimum atomic E-state index is 0.300. The second-order valence-electron chi connectivity index (χ2n) is 4.60. The van der Waals surface area contributed by atoms with Crippen LogP contribution in [0, 0.1) is 0 Å². The van der Waals surface area contributed by atoms with Gasteiger partial charge in [0.05, 0.1) is 0 Å². The van der Waals surface area contributed by atoms with Crippen molar-refractivity contribution in [1.82, 2.24) is 10.2 Å². The van der Waals surface area contributed by atoms with E-state index in [2.05, 4.69) is 54.5 Å². The molecule has 1 atom stereocenters. The normalized spacial score (nSPS) is 27.9. The van der Waals surface area contributed by atoms with E-state index in [1.165, 1.54) is 12.0 Å². The van der Waals surface area contributed by atoms with Gasteiger partial charge in [-0.2, -0.15) is 0 Å². The molecule has 1 saturated heterocycles. The van der Waals surface area contributed by atoms with Crippen LogP contribution in [0.2, 0.25) is 0 Å². The molecule has 0 saturated carbocycles. The Hall–Kier alpha value is -0.860. The highest BCUT2D eigenvalue weighted by Gasteiger charge is 2.33. The summed E-state index contributed by atoms with van der Waals surface area (Å²) in [4.78, 5) is 2.36. The fourth-order valence-electron chi connectivity index (χ4n) is 2.54. The van der Waals surface area contributed by atoms with Crippen LogP contribution in [0.3, 0.4) is 0 Å². The Morgan fingerprint density at radius 3 is 2.67 bits per heavy atom. The van der Waals surface area contributed by atoms with Crippen LogP contribution < -0.4 is 5.32 Å². The Labute approximate surface area is 92.3 Å². The maximum Gasteiger partial charge on any atom is 0.0478 e. The highest BCUT2D eigenvalue weighted by atomic mass is 15.2. The lowest BCUT2D eigenvalue weighted by molar-refractivity contribution is 0.165. The van der Waals surface area contributed by atoms with Crippen LogP contribution in [-0.4, -0.2) is 31.7 Å². The van der Waals surface area contributed by atoms with Gasteiger partial charge >= 0.3 is 0 Å². The number of likely N-dealkylation sites (N-methyl/N-ethyl adjacent to an activating group) is 1. The van der Waals surface area contributed by atoms with Crippen LogP contribution in [0.15, 0.2) is 30.3 Å². The molecular weight excluding hydrogens is 184 g/mol. The topological polar surface area (TPSA) is 15.3 Å². The molecule has 1 heterocycles. The number of benzene rings is 1. The van der Waals surface area contributed by atoms with E-state index in [-0.39, 0.29) is 0 Å². The standard InChI is InChI=1S/C13H20N2/c1-3-13(9-14-11-15(2)10-13)12-7-5-4-6-8-12/h4-8,14H,3,9-11H2,1-2H3/t13-/m1/s1. The van der Waals surface area contributed by atoms with Crippen molar-refractivity contribution in [2.75, 3.05) is 26.8 Å². The molecular formula is C13H20N2. The molecule has 1 aliphatic heterocycles. The molecule has 1 aromatic rings. The summed E-state index contributed by atoms with van der Waals surface area (Å²) < 4.78 is 0. The van der Waals surface area contributed by atoms with Crippen molar-refractivity contribution in [3.8, 4) is 0 Å². The van der Waals surface area contributed by atoms with Gasteiger partial charge in [0.15, 0.2) is 0 Å². The van der Waals surface area contributed by atoms with Crippen molar-refractivity contribution < 1.29 is 0 Å². The highest BCUT2D eigenvalue weighted by molar-refractivity contribution is 5.27. The zero-order chi connectivity index (χ0) is 10.7. The summed E-state index contributed by atoms with van der Waals surface area (Å²) in [5, 5.41) is 3.50. The minimum Gasteiger partial charge on any atom is -0.303 e. The second kappa shape index (κ2) is 4.33. The molecule has 0 radical (unpaired) electrons. The predicted octanol–water partition coefficient (Wildman–Crippen LogP) is 1.83. The van der Waals surface area contributed by atoms with Crippen LogP contribution in [0.5, 0.6) is 0 Å². The van der Waals surface area contributed by atoms with E-state index in [1.807, 2.05) is 0 Å². The summed E-state index contributed by atoms with van der Waals surface area (Å²) >= 11 is 0. The Bertz CT molecular complexity index is 310. The third-order valence-corrected chi connectivity index (χ3v) is 3.48. The first-order chi connectivity index (χ1) is 7.27. The van der Waals surface area contributed by atoms with Gasteiger partial charge in [-0.1, -0.05) is 37.3 Å². The van der Waals surface area contributed by atoms with E-state index >= 15 is 0 Å². The molecule has 1 aliphatic rings. The van der Waals surface area contributed by atoms with Gasteiger partial charge in [0.1, 0.15) is 0 Å². The lowest BCUT2D eigenvalue weighted by Gasteiger charge is -2.42. The second-order valence-corrected chi connectivity index (χ2v) is 4.60. The first-order valence-electron chi connectivity index (χ1n) is 5.72. The van der Waals surface area contributed by atoms with Crippen molar-refractivity contribution in [3.63, 3.8) is 0 Å². The molecule has 1 aromatic carbocycles. The van der Waals surface area contributed by atoms with Gasteiger partial charge in [0.2, 0.25) is 0 Å². The molecule has 0 aliphatic carbocycles. The number of rotatable bonds is 2. The predicted molar refractivity (Wildman–Crippen MR) is 63.9 cm³/mol. The first kappa shape index (κ1) is 10.7. The van der Waals surface area contributed by atoms with Gasteiger partial charge in [-0.15, -0.1) is 0 Å². The van der Waals surface area contributed by atoms with E-state index in [4.69, 9.17) is 0 Å². The highest BCUT2D eigenvalue weighted by Crippen LogP contribution is 2.29. The van der Waals surface area contributed by atoms with Gasteiger partial charge in [0, 0.05) is 25.2 Å². The molecule has 82 valence electrons. The molecule has 0 spiro atoms. The Morgan fingerprint density at radius 1 is 1.33 bits per heavy atom. The van der Waals surface area contributed by atoms with Crippen LogP contribution in [0.25, 0.3) is 0 Å². The van der Waals surface area contributed by atoms with Gasteiger partial charge in [-0.25, -0.2) is 0 Å². The lowest BCUT2D eigenvalue weighted by atomic mass is 9.76. The SMILES string of the molecule is CC[C@@]1(c2ccccc2)CNCN(C)C1. The molecule has 0 unspecified atom stereocenters. The van der Waals surface area contributed by atoms with Gasteiger partial charge in [-0.05, 0) is 19.0 Å². The lowest BCUT2D eigenvalue weighted by Crippen LogP contribution is -2.54. The van der Waals surface area contributed by atoms with Gasteiger partial charge in [0.25, 0.3) is 0 Å². The van der Waals surface area contributed by atoms with Crippen molar-refractivity contribution in [3.05, 3.63) is 35.9 Å². The maximum absolute atomic E-state index is 3.50. The van der Waals surface area contributed by atoms with Gasteiger partial charge < -0.3 is 5.32 Å². The zero-order valence-corrected chi connectivity index (χ0v) is 9.66. The van der Waals surface area contributed by atoms with E-state index in [0.29, 0.717) is 5.41 Å². The third kappa shape index (κ3) is 2.06. The molecule has 0 bridgehead atoms. The molecule has 1 N–H and O–H groups in total. The number of hydrogen-bond donors (Lipinski definition) is 1. The van der Waals surface area contributed by atoms with Crippen molar-refractivity contribution in [2.24, 2.45) is 0 Å². The Balaban J connectivity index is 2.28. The van der Waals surface area contributed by atoms with E-state index in [1.54, 1.807) is 0 Å². The van der Waals surface area contributed by atoms with E-state index < -0.39 is 0 Å². The Morgan fingerprint density at radius 2 is 2.07 bits per heavy atom. The fourth-order valence-corrected chi connectivity index (χ4v) is 2.54. The van der Waals surface area contributed by atoms with Crippen molar-refractivity contribution in [2.45, 2.75) is 18.8 Å². The molecule has 0 amide bonds. The molecule has 2 heteroatoms. The summed E-state index contributed by atoms with van der Waals surface area (Å²) in [5.41, 5.74) is 1.76. The summed E-state index contributed by atoms with van der Waals surface area (Å²) in [6.07, 6.45) is 1.19.